The van der Waals surface area contributed by atoms with Crippen LogP contribution in [0, 0.1) is 11.3 Å². The van der Waals surface area contributed by atoms with Crippen LogP contribution in [0.15, 0.2) is 45.2 Å². The Labute approximate surface area is 173 Å². The summed E-state index contributed by atoms with van der Waals surface area (Å²) in [6.45, 7) is 5.30. The maximum absolute atomic E-state index is 13.0. The Balaban J connectivity index is 2.23. The molecule has 1 aromatic rings. The van der Waals surface area contributed by atoms with Gasteiger partial charge in [0.15, 0.2) is 5.17 Å². The molecular formula is C20H22N4O4S. The van der Waals surface area contributed by atoms with Crippen LogP contribution in [0.1, 0.15) is 32.4 Å². The van der Waals surface area contributed by atoms with Crippen LogP contribution in [-0.2, 0) is 9.53 Å². The number of carbonyl (C=O) groups is 1. The molecule has 2 aliphatic heterocycles. The molecule has 2 aliphatic rings. The maximum atomic E-state index is 13.0. The standard InChI is InChI=1S/C20H22N4O4S/c1-10(2)28-19(25)16-11(3)23-20-24(18(22)15(9-21)29-20)17(16)13-7-6-12(26-4)8-14(13)27-5/h6-8,10,17H,22H2,1-5H3/t17-/m1/s1. The summed E-state index contributed by atoms with van der Waals surface area (Å²) in [5.74, 6) is 0.869. The maximum Gasteiger partial charge on any atom is 0.338 e. The highest BCUT2D eigenvalue weighted by molar-refractivity contribution is 8.17. The number of methoxy groups -OCH3 is 2. The molecule has 0 amide bonds. The minimum absolute atomic E-state index is 0.237. The Bertz CT molecular complexity index is 991. The molecule has 8 nitrogen and oxygen atoms in total. The van der Waals surface area contributed by atoms with Crippen LogP contribution >= 0.6 is 11.8 Å². The number of hydrogen-bond acceptors (Lipinski definition) is 9. The Kier molecular flexibility index (Phi) is 5.75. The van der Waals surface area contributed by atoms with Crippen molar-refractivity contribution in [1.29, 1.82) is 5.26 Å². The largest absolute Gasteiger partial charge is 0.497 e. The molecule has 1 atom stereocenters. The summed E-state index contributed by atoms with van der Waals surface area (Å²) in [4.78, 5) is 19.5. The van der Waals surface area contributed by atoms with Gasteiger partial charge in [-0.3, -0.25) is 4.90 Å². The Morgan fingerprint density at radius 1 is 1.34 bits per heavy atom. The molecule has 0 radical (unpaired) electrons. The molecule has 0 fully saturated rings. The zero-order valence-corrected chi connectivity index (χ0v) is 17.7. The van der Waals surface area contributed by atoms with Gasteiger partial charge in [0, 0.05) is 11.6 Å². The summed E-state index contributed by atoms with van der Waals surface area (Å²) in [6.07, 6.45) is -0.304. The first-order valence-corrected chi connectivity index (χ1v) is 9.73. The zero-order chi connectivity index (χ0) is 21.3. The average molecular weight is 414 g/mol. The summed E-state index contributed by atoms with van der Waals surface area (Å²) >= 11 is 1.17. The molecule has 0 unspecified atom stereocenters. The SMILES string of the molecule is COc1ccc([C@@H]2C(C(=O)OC(C)C)=C(C)N=C3SC(C#N)=C(N)N32)c(OC)c1. The number of amidine groups is 1. The van der Waals surface area contributed by atoms with E-state index in [1.54, 1.807) is 44.9 Å². The molecule has 2 heterocycles. The van der Waals surface area contributed by atoms with Crippen LogP contribution in [0.5, 0.6) is 11.5 Å². The number of fused-ring (bicyclic) bond motifs is 1. The third-order valence-corrected chi connectivity index (χ3v) is 5.45. The van der Waals surface area contributed by atoms with E-state index in [9.17, 15) is 10.1 Å². The van der Waals surface area contributed by atoms with Crippen molar-refractivity contribution in [1.82, 2.24) is 4.90 Å². The number of carbonyl (C=O) groups excluding carboxylic acids is 1. The number of nitrogens with two attached hydrogens (primary N) is 1. The molecule has 0 saturated heterocycles. The fourth-order valence-corrected chi connectivity index (χ4v) is 4.13. The van der Waals surface area contributed by atoms with Crippen LogP contribution < -0.4 is 15.2 Å². The molecule has 152 valence electrons. The lowest BCUT2D eigenvalue weighted by molar-refractivity contribution is -0.143. The summed E-state index contributed by atoms with van der Waals surface area (Å²) in [5, 5.41) is 9.96. The van der Waals surface area contributed by atoms with Gasteiger partial charge in [0.1, 0.15) is 34.3 Å². The average Bonchev–Trinajstić information content (AvgIpc) is 3.00. The smallest absolute Gasteiger partial charge is 0.338 e. The first-order valence-electron chi connectivity index (χ1n) is 8.91. The molecule has 29 heavy (non-hydrogen) atoms. The molecule has 1 aromatic carbocycles. The topological polar surface area (TPSA) is 110 Å². The Morgan fingerprint density at radius 3 is 2.66 bits per heavy atom. The molecule has 9 heteroatoms. The van der Waals surface area contributed by atoms with E-state index in [2.05, 4.69) is 11.1 Å². The predicted molar refractivity (Wildman–Crippen MR) is 110 cm³/mol. The summed E-state index contributed by atoms with van der Waals surface area (Å²) in [7, 11) is 3.10. The van der Waals surface area contributed by atoms with Gasteiger partial charge in [-0.2, -0.15) is 5.26 Å². The number of ether oxygens (including phenoxy) is 3. The van der Waals surface area contributed by atoms with Crippen molar-refractivity contribution in [3.05, 3.63) is 45.8 Å². The number of aliphatic imine (C=N–C) groups is 1. The molecular weight excluding hydrogens is 392 g/mol. The van der Waals surface area contributed by atoms with E-state index in [1.807, 2.05) is 6.07 Å². The molecule has 0 bridgehead atoms. The summed E-state index contributed by atoms with van der Waals surface area (Å²) in [5.41, 5.74) is 7.79. The summed E-state index contributed by atoms with van der Waals surface area (Å²) < 4.78 is 16.3. The minimum atomic E-state index is -0.659. The summed E-state index contributed by atoms with van der Waals surface area (Å²) in [6, 6.07) is 6.75. The molecule has 0 saturated carbocycles. The van der Waals surface area contributed by atoms with Crippen molar-refractivity contribution in [2.45, 2.75) is 32.9 Å². The normalized spacial score (nSPS) is 18.4. The lowest BCUT2D eigenvalue weighted by Crippen LogP contribution is -2.39. The number of esters is 1. The van der Waals surface area contributed by atoms with Crippen LogP contribution in [0.4, 0.5) is 0 Å². The van der Waals surface area contributed by atoms with E-state index in [1.165, 1.54) is 18.9 Å². The highest BCUT2D eigenvalue weighted by Gasteiger charge is 2.43. The molecule has 3 rings (SSSR count). The van der Waals surface area contributed by atoms with E-state index in [0.29, 0.717) is 38.4 Å². The van der Waals surface area contributed by atoms with Crippen LogP contribution in [0.2, 0.25) is 0 Å². The number of rotatable bonds is 5. The third-order valence-electron chi connectivity index (χ3n) is 4.48. The van der Waals surface area contributed by atoms with Gasteiger partial charge >= 0.3 is 5.97 Å². The van der Waals surface area contributed by atoms with Gasteiger partial charge in [0.2, 0.25) is 0 Å². The zero-order valence-electron chi connectivity index (χ0n) is 16.8. The van der Waals surface area contributed by atoms with Gasteiger partial charge in [-0.25, -0.2) is 9.79 Å². The van der Waals surface area contributed by atoms with E-state index < -0.39 is 12.0 Å². The minimum Gasteiger partial charge on any atom is -0.497 e. The second-order valence-electron chi connectivity index (χ2n) is 6.66. The highest BCUT2D eigenvalue weighted by Crippen LogP contribution is 2.47. The first kappa shape index (κ1) is 20.6. The van der Waals surface area contributed by atoms with Gasteiger partial charge < -0.3 is 19.9 Å². The number of nitrogens with zero attached hydrogens (tertiary/aromatic N) is 3. The Morgan fingerprint density at radius 2 is 2.07 bits per heavy atom. The molecule has 0 spiro atoms. The second-order valence-corrected chi connectivity index (χ2v) is 7.63. The van der Waals surface area contributed by atoms with E-state index in [-0.39, 0.29) is 11.9 Å². The van der Waals surface area contributed by atoms with Gasteiger partial charge in [0.25, 0.3) is 0 Å². The van der Waals surface area contributed by atoms with Gasteiger partial charge in [-0.1, -0.05) is 0 Å². The fraction of sp³-hybridized carbons (Fsp3) is 0.350. The number of hydrogen-bond donors (Lipinski definition) is 1. The van der Waals surface area contributed by atoms with Crippen molar-refractivity contribution in [2.75, 3.05) is 14.2 Å². The highest BCUT2D eigenvalue weighted by atomic mass is 32.2. The van der Waals surface area contributed by atoms with Gasteiger partial charge in [-0.05, 0) is 44.7 Å². The van der Waals surface area contributed by atoms with Crippen LogP contribution in [0.3, 0.4) is 0 Å². The molecule has 0 aliphatic carbocycles. The fourth-order valence-electron chi connectivity index (χ4n) is 3.22. The van der Waals surface area contributed by atoms with Crippen molar-refractivity contribution < 1.29 is 19.0 Å². The predicted octanol–water partition coefficient (Wildman–Crippen LogP) is 3.04. The number of allylic oxidation sites excluding steroid dienone is 2. The second kappa shape index (κ2) is 8.09. The lowest BCUT2D eigenvalue weighted by Gasteiger charge is -2.35. The van der Waals surface area contributed by atoms with E-state index in [4.69, 9.17) is 19.9 Å². The van der Waals surface area contributed by atoms with Crippen molar-refractivity contribution in [3.8, 4) is 17.6 Å². The van der Waals surface area contributed by atoms with Crippen molar-refractivity contribution in [3.63, 3.8) is 0 Å². The quantitative estimate of drug-likeness (QED) is 0.732. The first-order chi connectivity index (χ1) is 13.8. The van der Waals surface area contributed by atoms with Gasteiger partial charge in [0.05, 0.1) is 31.6 Å². The number of benzene rings is 1. The van der Waals surface area contributed by atoms with Crippen LogP contribution in [-0.4, -0.2) is 36.4 Å². The van der Waals surface area contributed by atoms with E-state index in [0.717, 1.165) is 0 Å². The molecule has 2 N–H and O–H groups in total. The van der Waals surface area contributed by atoms with Crippen molar-refractivity contribution >= 4 is 22.9 Å². The number of nitriles is 1. The lowest BCUT2D eigenvalue weighted by atomic mass is 9.93. The van der Waals surface area contributed by atoms with E-state index >= 15 is 0 Å². The van der Waals surface area contributed by atoms with Crippen molar-refractivity contribution in [2.24, 2.45) is 10.7 Å². The number of thioether (sulfide) groups is 1. The van der Waals surface area contributed by atoms with Crippen LogP contribution in [0.25, 0.3) is 0 Å². The molecule has 0 aromatic heterocycles. The third kappa shape index (κ3) is 3.63. The monoisotopic (exact) mass is 414 g/mol. The Hall–Kier alpha value is -3.12. The van der Waals surface area contributed by atoms with Gasteiger partial charge in [-0.15, -0.1) is 0 Å².